The average Bonchev–Trinajstić information content (AvgIpc) is 2.50. The second-order valence-corrected chi connectivity index (χ2v) is 8.53. The molecule has 0 heterocycles. The molecule has 0 spiro atoms. The molecule has 2 rings (SSSR count). The van der Waals surface area contributed by atoms with Gasteiger partial charge in [0.15, 0.2) is 0 Å². The minimum Gasteiger partial charge on any atom is -0.0651 e. The first-order valence-corrected chi connectivity index (χ1v) is 10.9. The van der Waals surface area contributed by atoms with Gasteiger partial charge in [-0.15, -0.1) is 0 Å². The van der Waals surface area contributed by atoms with E-state index in [4.69, 9.17) is 0 Å². The van der Waals surface area contributed by atoms with E-state index in [1.54, 1.807) is 32.1 Å². The Morgan fingerprint density at radius 1 is 0.500 bits per heavy atom. The van der Waals surface area contributed by atoms with Gasteiger partial charge in [-0.05, 0) is 37.0 Å². The molecule has 22 heavy (non-hydrogen) atoms. The van der Waals surface area contributed by atoms with E-state index in [-0.39, 0.29) is 0 Å². The van der Waals surface area contributed by atoms with Gasteiger partial charge in [-0.2, -0.15) is 0 Å². The molecule has 0 heteroatoms. The molecule has 0 aromatic rings. The van der Waals surface area contributed by atoms with Gasteiger partial charge in [0.25, 0.3) is 0 Å². The summed E-state index contributed by atoms with van der Waals surface area (Å²) in [4.78, 5) is 0. The van der Waals surface area contributed by atoms with Crippen molar-refractivity contribution < 1.29 is 0 Å². The van der Waals surface area contributed by atoms with Gasteiger partial charge in [-0.1, -0.05) is 103 Å². The van der Waals surface area contributed by atoms with Gasteiger partial charge in [0.1, 0.15) is 0 Å². The van der Waals surface area contributed by atoms with Crippen LogP contribution in [0.15, 0.2) is 0 Å². The Kier molecular flexibility index (Phi) is 9.61. The lowest BCUT2D eigenvalue weighted by atomic mass is 9.69. The van der Waals surface area contributed by atoms with Crippen molar-refractivity contribution in [1.29, 1.82) is 0 Å². The van der Waals surface area contributed by atoms with Gasteiger partial charge in [0.05, 0.1) is 0 Å². The van der Waals surface area contributed by atoms with Crippen LogP contribution in [0.2, 0.25) is 0 Å². The normalized spacial score (nSPS) is 31.0. The molecule has 0 amide bonds. The van der Waals surface area contributed by atoms with Crippen LogP contribution in [0, 0.1) is 17.8 Å². The molecule has 0 N–H and O–H groups in total. The van der Waals surface area contributed by atoms with Crippen LogP contribution >= 0.6 is 0 Å². The van der Waals surface area contributed by atoms with E-state index in [2.05, 4.69) is 6.92 Å². The van der Waals surface area contributed by atoms with Gasteiger partial charge >= 0.3 is 0 Å². The lowest BCUT2D eigenvalue weighted by Gasteiger charge is -2.37. The Labute approximate surface area is 140 Å². The maximum Gasteiger partial charge on any atom is -0.0406 e. The van der Waals surface area contributed by atoms with E-state index >= 15 is 0 Å². The Hall–Kier alpha value is 0. The highest BCUT2D eigenvalue weighted by molar-refractivity contribution is 4.80. The molecular formula is C22H42. The SMILES string of the molecule is CCC1CC(CC2CCCCCCCCCCCCCC2)C1. The van der Waals surface area contributed by atoms with E-state index in [0.29, 0.717) is 0 Å². The van der Waals surface area contributed by atoms with Crippen LogP contribution in [0.3, 0.4) is 0 Å². The topological polar surface area (TPSA) is 0 Å². The molecule has 0 aliphatic heterocycles. The summed E-state index contributed by atoms with van der Waals surface area (Å²) >= 11 is 0. The third-order valence-electron chi connectivity index (χ3n) is 6.55. The fraction of sp³-hybridized carbons (Fsp3) is 1.00. The van der Waals surface area contributed by atoms with Crippen LogP contribution in [0.5, 0.6) is 0 Å². The van der Waals surface area contributed by atoms with Gasteiger partial charge in [0.2, 0.25) is 0 Å². The van der Waals surface area contributed by atoms with E-state index < -0.39 is 0 Å². The standard InChI is InChI=1S/C22H42/c1-2-20-17-22(18-20)19-21-15-13-11-9-7-5-3-4-6-8-10-12-14-16-21/h20-22H,2-19H2,1H3. The zero-order valence-electron chi connectivity index (χ0n) is 15.5. The summed E-state index contributed by atoms with van der Waals surface area (Å²) in [6, 6.07) is 0. The van der Waals surface area contributed by atoms with Crippen LogP contribution in [0.25, 0.3) is 0 Å². The highest BCUT2D eigenvalue weighted by Gasteiger charge is 2.29. The molecule has 0 aromatic carbocycles. The molecule has 2 aliphatic rings. The Morgan fingerprint density at radius 3 is 1.32 bits per heavy atom. The van der Waals surface area contributed by atoms with Crippen molar-refractivity contribution in [2.75, 3.05) is 0 Å². The first-order chi connectivity index (χ1) is 10.9. The number of rotatable bonds is 3. The molecule has 0 nitrogen and oxygen atoms in total. The summed E-state index contributed by atoms with van der Waals surface area (Å²) in [6.07, 6.45) is 27.3. The fourth-order valence-corrected chi connectivity index (χ4v) is 4.88. The first kappa shape index (κ1) is 18.3. The minimum atomic E-state index is 1.08. The second kappa shape index (κ2) is 11.5. The maximum atomic E-state index is 2.38. The zero-order valence-corrected chi connectivity index (χ0v) is 15.5. The van der Waals surface area contributed by atoms with E-state index in [1.165, 1.54) is 83.5 Å². The van der Waals surface area contributed by atoms with Crippen molar-refractivity contribution in [3.05, 3.63) is 0 Å². The third kappa shape index (κ3) is 7.51. The Balaban J connectivity index is 1.66. The molecule has 2 fully saturated rings. The van der Waals surface area contributed by atoms with Crippen LogP contribution in [-0.2, 0) is 0 Å². The highest BCUT2D eigenvalue weighted by Crippen LogP contribution is 2.41. The Morgan fingerprint density at radius 2 is 0.909 bits per heavy atom. The molecule has 2 aliphatic carbocycles. The maximum absolute atomic E-state index is 2.38. The average molecular weight is 307 g/mol. The summed E-state index contributed by atoms with van der Waals surface area (Å²) in [7, 11) is 0. The fourth-order valence-electron chi connectivity index (χ4n) is 4.88. The van der Waals surface area contributed by atoms with Crippen molar-refractivity contribution in [3.8, 4) is 0 Å². The predicted octanol–water partition coefficient (Wildman–Crippen LogP) is 7.90. The third-order valence-corrected chi connectivity index (χ3v) is 6.55. The van der Waals surface area contributed by atoms with Gasteiger partial charge in [-0.3, -0.25) is 0 Å². The van der Waals surface area contributed by atoms with Crippen molar-refractivity contribution >= 4 is 0 Å². The lowest BCUT2D eigenvalue weighted by molar-refractivity contribution is 0.146. The molecule has 0 bridgehead atoms. The van der Waals surface area contributed by atoms with Crippen LogP contribution in [-0.4, -0.2) is 0 Å². The van der Waals surface area contributed by atoms with Crippen LogP contribution in [0.1, 0.15) is 122 Å². The largest absolute Gasteiger partial charge is 0.0651 e. The number of hydrogen-bond acceptors (Lipinski definition) is 0. The summed E-state index contributed by atoms with van der Waals surface area (Å²) < 4.78 is 0. The smallest absolute Gasteiger partial charge is 0.0406 e. The molecular weight excluding hydrogens is 264 g/mol. The summed E-state index contributed by atoms with van der Waals surface area (Å²) in [5.74, 6) is 3.28. The summed E-state index contributed by atoms with van der Waals surface area (Å²) in [5.41, 5.74) is 0. The highest BCUT2D eigenvalue weighted by atomic mass is 14.3. The number of hydrogen-bond donors (Lipinski definition) is 0. The minimum absolute atomic E-state index is 1.08. The van der Waals surface area contributed by atoms with Gasteiger partial charge in [-0.25, -0.2) is 0 Å². The Bertz CT molecular complexity index is 235. The predicted molar refractivity (Wildman–Crippen MR) is 99.3 cm³/mol. The lowest BCUT2D eigenvalue weighted by Crippen LogP contribution is -2.25. The summed E-state index contributed by atoms with van der Waals surface area (Å²) in [6.45, 7) is 2.38. The molecule has 130 valence electrons. The molecule has 0 atom stereocenters. The molecule has 0 saturated heterocycles. The second-order valence-electron chi connectivity index (χ2n) is 8.53. The molecule has 0 aromatic heterocycles. The van der Waals surface area contributed by atoms with Gasteiger partial charge < -0.3 is 0 Å². The monoisotopic (exact) mass is 306 g/mol. The summed E-state index contributed by atoms with van der Waals surface area (Å²) in [5, 5.41) is 0. The quantitative estimate of drug-likeness (QED) is 0.497. The van der Waals surface area contributed by atoms with Crippen molar-refractivity contribution in [2.45, 2.75) is 122 Å². The molecule has 0 radical (unpaired) electrons. The zero-order chi connectivity index (χ0) is 15.5. The first-order valence-electron chi connectivity index (χ1n) is 10.9. The molecule has 0 unspecified atom stereocenters. The van der Waals surface area contributed by atoms with E-state index in [0.717, 1.165) is 17.8 Å². The van der Waals surface area contributed by atoms with Crippen molar-refractivity contribution in [3.63, 3.8) is 0 Å². The van der Waals surface area contributed by atoms with Crippen molar-refractivity contribution in [1.82, 2.24) is 0 Å². The van der Waals surface area contributed by atoms with Gasteiger partial charge in [0, 0.05) is 0 Å². The van der Waals surface area contributed by atoms with Crippen molar-refractivity contribution in [2.24, 2.45) is 17.8 Å². The molecule has 2 saturated carbocycles. The van der Waals surface area contributed by atoms with Crippen LogP contribution < -0.4 is 0 Å². The van der Waals surface area contributed by atoms with E-state index in [9.17, 15) is 0 Å². The van der Waals surface area contributed by atoms with E-state index in [1.807, 2.05) is 0 Å². The van der Waals surface area contributed by atoms with Crippen LogP contribution in [0.4, 0.5) is 0 Å².